The minimum atomic E-state index is -0.261. The number of carbonyl (C=O) groups is 1. The molecule has 0 saturated heterocycles. The van der Waals surface area contributed by atoms with Crippen LogP contribution in [0, 0.1) is 19.7 Å². The molecule has 25 heavy (non-hydrogen) atoms. The summed E-state index contributed by atoms with van der Waals surface area (Å²) in [5, 5.41) is 10.3. The molecule has 2 amide bonds. The van der Waals surface area contributed by atoms with Crippen LogP contribution in [0.2, 0.25) is 0 Å². The van der Waals surface area contributed by atoms with Crippen molar-refractivity contribution < 1.29 is 9.18 Å². The van der Waals surface area contributed by atoms with Crippen molar-refractivity contribution in [3.63, 3.8) is 0 Å². The first-order valence-electron chi connectivity index (χ1n) is 8.54. The third kappa shape index (κ3) is 3.57. The topological polar surface area (TPSA) is 59.0 Å². The first-order valence-corrected chi connectivity index (χ1v) is 8.54. The molecule has 0 radical (unpaired) electrons. The Morgan fingerprint density at radius 3 is 2.68 bits per heavy atom. The molecule has 2 N–H and O–H groups in total. The second-order valence-electron chi connectivity index (χ2n) is 6.31. The summed E-state index contributed by atoms with van der Waals surface area (Å²) in [5.41, 5.74) is 4.00. The first kappa shape index (κ1) is 17.2. The molecular formula is C19H23FN4O. The lowest BCUT2D eigenvalue weighted by molar-refractivity contribution is 0.239. The Morgan fingerprint density at radius 1 is 1.28 bits per heavy atom. The average Bonchev–Trinajstić information content (AvgIpc) is 3.12. The van der Waals surface area contributed by atoms with Gasteiger partial charge in [0.1, 0.15) is 5.82 Å². The van der Waals surface area contributed by atoms with Crippen molar-refractivity contribution in [1.82, 2.24) is 20.4 Å². The molecule has 0 fully saturated rings. The number of halogens is 1. The smallest absolute Gasteiger partial charge is 0.315 e. The van der Waals surface area contributed by atoms with E-state index in [1.807, 2.05) is 31.5 Å². The predicted molar refractivity (Wildman–Crippen MR) is 95.5 cm³/mol. The zero-order chi connectivity index (χ0) is 18.0. The lowest BCUT2D eigenvalue weighted by Crippen LogP contribution is -2.40. The van der Waals surface area contributed by atoms with Crippen LogP contribution in [0.25, 0.3) is 5.69 Å². The standard InChI is InChI=1S/C19H23FN4O/c1-4-21-19(25)22-16-8-5-14(11-16)18-12(2)23-24(13(18)3)17-9-6-15(20)7-10-17/h5-10,14,16H,4,11H2,1-3H3,(H2,21,22,25)/t14-,16+/m1/s1. The molecule has 0 spiro atoms. The summed E-state index contributed by atoms with van der Waals surface area (Å²) in [6, 6.07) is 6.20. The molecule has 2 atom stereocenters. The maximum Gasteiger partial charge on any atom is 0.315 e. The van der Waals surface area contributed by atoms with Crippen LogP contribution < -0.4 is 10.6 Å². The van der Waals surface area contributed by atoms with Crippen molar-refractivity contribution in [3.05, 3.63) is 59.2 Å². The van der Waals surface area contributed by atoms with E-state index in [1.165, 1.54) is 17.7 Å². The van der Waals surface area contributed by atoms with Crippen molar-refractivity contribution in [2.24, 2.45) is 0 Å². The summed E-state index contributed by atoms with van der Waals surface area (Å²) in [6.07, 6.45) is 4.98. The molecule has 0 aliphatic heterocycles. The van der Waals surface area contributed by atoms with E-state index in [0.717, 1.165) is 23.5 Å². The summed E-state index contributed by atoms with van der Waals surface area (Å²) in [6.45, 7) is 6.51. The van der Waals surface area contributed by atoms with Gasteiger partial charge in [-0.2, -0.15) is 5.10 Å². The highest BCUT2D eigenvalue weighted by atomic mass is 19.1. The molecule has 0 bridgehead atoms. The SMILES string of the molecule is CCNC(=O)N[C@H]1C=C[C@@H](c2c(C)nn(-c3ccc(F)cc3)c2C)C1. The Bertz CT molecular complexity index is 795. The van der Waals surface area contributed by atoms with Crippen molar-refractivity contribution >= 4 is 6.03 Å². The Balaban J connectivity index is 1.79. The van der Waals surface area contributed by atoms with Crippen LogP contribution >= 0.6 is 0 Å². The van der Waals surface area contributed by atoms with Gasteiger partial charge in [-0.3, -0.25) is 0 Å². The van der Waals surface area contributed by atoms with E-state index < -0.39 is 0 Å². The highest BCUT2D eigenvalue weighted by molar-refractivity contribution is 5.74. The van der Waals surface area contributed by atoms with Crippen molar-refractivity contribution in [2.75, 3.05) is 6.54 Å². The van der Waals surface area contributed by atoms with E-state index in [1.54, 1.807) is 12.1 Å². The Hall–Kier alpha value is -2.63. The molecule has 1 aromatic carbocycles. The van der Waals surface area contributed by atoms with E-state index in [9.17, 15) is 9.18 Å². The zero-order valence-electron chi connectivity index (χ0n) is 14.7. The number of amides is 2. The van der Waals surface area contributed by atoms with Crippen LogP contribution in [0.5, 0.6) is 0 Å². The molecule has 3 rings (SSSR count). The molecule has 0 unspecified atom stereocenters. The van der Waals surface area contributed by atoms with Gasteiger partial charge in [0.05, 0.1) is 11.4 Å². The summed E-state index contributed by atoms with van der Waals surface area (Å²) in [5.74, 6) is -0.0513. The number of aromatic nitrogens is 2. The quantitative estimate of drug-likeness (QED) is 0.837. The molecule has 5 nitrogen and oxygen atoms in total. The van der Waals surface area contributed by atoms with Crippen molar-refractivity contribution in [1.29, 1.82) is 0 Å². The molecule has 1 aromatic heterocycles. The highest BCUT2D eigenvalue weighted by Crippen LogP contribution is 2.33. The molecule has 1 heterocycles. The fourth-order valence-corrected chi connectivity index (χ4v) is 3.43. The van der Waals surface area contributed by atoms with Gasteiger partial charge in [0.15, 0.2) is 0 Å². The lowest BCUT2D eigenvalue weighted by Gasteiger charge is -2.15. The minimum absolute atomic E-state index is 0.0181. The van der Waals surface area contributed by atoms with Crippen LogP contribution in [0.3, 0.4) is 0 Å². The fraction of sp³-hybridized carbons (Fsp3) is 0.368. The van der Waals surface area contributed by atoms with Crippen molar-refractivity contribution in [2.45, 2.75) is 39.2 Å². The Kier molecular flexibility index (Phi) is 4.88. The maximum atomic E-state index is 13.2. The molecule has 132 valence electrons. The number of hydrogen-bond donors (Lipinski definition) is 2. The lowest BCUT2D eigenvalue weighted by atomic mass is 9.96. The number of nitrogens with zero attached hydrogens (tertiary/aromatic N) is 2. The Morgan fingerprint density at radius 2 is 2.00 bits per heavy atom. The van der Waals surface area contributed by atoms with Crippen molar-refractivity contribution in [3.8, 4) is 5.69 Å². The monoisotopic (exact) mass is 342 g/mol. The first-order chi connectivity index (χ1) is 12.0. The second kappa shape index (κ2) is 7.09. The molecule has 0 saturated carbocycles. The van der Waals surface area contributed by atoms with Crippen LogP contribution in [0.15, 0.2) is 36.4 Å². The second-order valence-corrected chi connectivity index (χ2v) is 6.31. The zero-order valence-corrected chi connectivity index (χ0v) is 14.7. The minimum Gasteiger partial charge on any atom is -0.338 e. The van der Waals surface area contributed by atoms with Gasteiger partial charge in [-0.15, -0.1) is 0 Å². The molecule has 1 aliphatic carbocycles. The number of benzene rings is 1. The third-order valence-corrected chi connectivity index (χ3v) is 4.53. The van der Waals surface area contributed by atoms with E-state index in [-0.39, 0.29) is 23.8 Å². The fourth-order valence-electron chi connectivity index (χ4n) is 3.43. The summed E-state index contributed by atoms with van der Waals surface area (Å²) < 4.78 is 15.0. The number of rotatable bonds is 4. The number of carbonyl (C=O) groups excluding carboxylic acids is 1. The van der Waals surface area contributed by atoms with Crippen LogP contribution in [0.4, 0.5) is 9.18 Å². The number of hydrogen-bond acceptors (Lipinski definition) is 2. The van der Waals surface area contributed by atoms with Gasteiger partial charge in [0, 0.05) is 29.8 Å². The normalized spacial score (nSPS) is 19.2. The number of urea groups is 1. The van der Waals surface area contributed by atoms with Crippen LogP contribution in [-0.4, -0.2) is 28.4 Å². The van der Waals surface area contributed by atoms with E-state index in [4.69, 9.17) is 0 Å². The van der Waals surface area contributed by atoms with Gasteiger partial charge in [0.2, 0.25) is 0 Å². The molecule has 6 heteroatoms. The van der Waals surface area contributed by atoms with E-state index in [2.05, 4.69) is 21.8 Å². The summed E-state index contributed by atoms with van der Waals surface area (Å²) in [7, 11) is 0. The molecule has 2 aromatic rings. The number of aryl methyl sites for hydroxylation is 1. The van der Waals surface area contributed by atoms with Crippen LogP contribution in [-0.2, 0) is 0 Å². The summed E-state index contributed by atoms with van der Waals surface area (Å²) in [4.78, 5) is 11.7. The number of allylic oxidation sites excluding steroid dienone is 1. The van der Waals surface area contributed by atoms with Gasteiger partial charge < -0.3 is 10.6 Å². The van der Waals surface area contributed by atoms with E-state index >= 15 is 0 Å². The summed E-state index contributed by atoms with van der Waals surface area (Å²) >= 11 is 0. The van der Waals surface area contributed by atoms with Gasteiger partial charge in [-0.1, -0.05) is 12.2 Å². The maximum absolute atomic E-state index is 13.2. The largest absolute Gasteiger partial charge is 0.338 e. The molecule has 1 aliphatic rings. The highest BCUT2D eigenvalue weighted by Gasteiger charge is 2.26. The van der Waals surface area contributed by atoms with Gasteiger partial charge >= 0.3 is 6.03 Å². The number of nitrogens with one attached hydrogen (secondary N) is 2. The predicted octanol–water partition coefficient (Wildman–Crippen LogP) is 3.36. The van der Waals surface area contributed by atoms with Gasteiger partial charge in [-0.25, -0.2) is 13.9 Å². The Labute approximate surface area is 146 Å². The third-order valence-electron chi connectivity index (χ3n) is 4.53. The van der Waals surface area contributed by atoms with Crippen LogP contribution in [0.1, 0.15) is 36.2 Å². The molecular weight excluding hydrogens is 319 g/mol. The van der Waals surface area contributed by atoms with Gasteiger partial charge in [0.25, 0.3) is 0 Å². The van der Waals surface area contributed by atoms with Gasteiger partial charge in [-0.05, 0) is 51.5 Å². The van der Waals surface area contributed by atoms with E-state index in [0.29, 0.717) is 6.54 Å². The average molecular weight is 342 g/mol.